The Labute approximate surface area is 118 Å². The quantitative estimate of drug-likeness (QED) is 0.781. The van der Waals surface area contributed by atoms with Gasteiger partial charge in [0.25, 0.3) is 0 Å². The van der Waals surface area contributed by atoms with Crippen LogP contribution in [0.2, 0.25) is 0 Å². The van der Waals surface area contributed by atoms with Gasteiger partial charge in [-0.15, -0.1) is 0 Å². The molecule has 2 rings (SSSR count). The minimum atomic E-state index is 0.277. The van der Waals surface area contributed by atoms with Crippen LogP contribution >= 0.6 is 0 Å². The molecule has 19 heavy (non-hydrogen) atoms. The molecule has 2 aliphatic rings. The Morgan fingerprint density at radius 3 is 2.47 bits per heavy atom. The van der Waals surface area contributed by atoms with E-state index in [0.29, 0.717) is 23.8 Å². The molecule has 3 unspecified atom stereocenters. The third-order valence-electron chi connectivity index (χ3n) is 5.22. The fourth-order valence-electron chi connectivity index (χ4n) is 3.68. The molecule has 2 fully saturated rings. The number of carbonyl (C=O) groups is 1. The molecule has 0 aromatic heterocycles. The molecule has 0 radical (unpaired) electrons. The van der Waals surface area contributed by atoms with Gasteiger partial charge in [-0.25, -0.2) is 0 Å². The first kappa shape index (κ1) is 14.8. The number of rotatable bonds is 4. The van der Waals surface area contributed by atoms with Crippen molar-refractivity contribution >= 4 is 5.91 Å². The molecule has 1 aliphatic heterocycles. The van der Waals surface area contributed by atoms with Gasteiger partial charge in [0.05, 0.1) is 0 Å². The monoisotopic (exact) mass is 266 g/mol. The molecular weight excluding hydrogens is 236 g/mol. The zero-order valence-electron chi connectivity index (χ0n) is 13.1. The molecule has 1 heterocycles. The highest BCUT2D eigenvalue weighted by Gasteiger charge is 2.41. The number of nitrogens with zero attached hydrogens (tertiary/aromatic N) is 2. The lowest BCUT2D eigenvalue weighted by Gasteiger charge is -2.31. The average Bonchev–Trinajstić information content (AvgIpc) is 2.98. The summed E-state index contributed by atoms with van der Waals surface area (Å²) < 4.78 is 0. The molecule has 0 N–H and O–H groups in total. The second-order valence-corrected chi connectivity index (χ2v) is 6.91. The first-order valence-electron chi connectivity index (χ1n) is 7.99. The van der Waals surface area contributed by atoms with Crippen molar-refractivity contribution in [3.8, 4) is 0 Å². The number of amides is 1. The third-order valence-corrected chi connectivity index (χ3v) is 5.22. The largest absolute Gasteiger partial charge is 0.342 e. The number of hydrogen-bond donors (Lipinski definition) is 0. The maximum absolute atomic E-state index is 12.7. The first-order chi connectivity index (χ1) is 9.00. The lowest BCUT2D eigenvalue weighted by molar-refractivity contribution is -0.137. The molecule has 1 saturated heterocycles. The van der Waals surface area contributed by atoms with Gasteiger partial charge in [0.15, 0.2) is 0 Å². The van der Waals surface area contributed by atoms with Gasteiger partial charge in [0.2, 0.25) is 5.91 Å². The summed E-state index contributed by atoms with van der Waals surface area (Å²) in [5, 5.41) is 0. The standard InChI is InChI=1S/C16H30N2O/c1-12(2)17(4)11-14-8-7-13(3)15(14)16(19)18-9-5-6-10-18/h12-15H,5-11H2,1-4H3. The molecule has 0 bridgehead atoms. The summed E-state index contributed by atoms with van der Waals surface area (Å²) in [6.45, 7) is 9.80. The van der Waals surface area contributed by atoms with Crippen molar-refractivity contribution in [1.82, 2.24) is 9.80 Å². The van der Waals surface area contributed by atoms with Crippen molar-refractivity contribution in [2.75, 3.05) is 26.7 Å². The Balaban J connectivity index is 2.00. The topological polar surface area (TPSA) is 23.6 Å². The second kappa shape index (κ2) is 6.25. The summed E-state index contributed by atoms with van der Waals surface area (Å²) >= 11 is 0. The summed E-state index contributed by atoms with van der Waals surface area (Å²) in [4.78, 5) is 17.2. The van der Waals surface area contributed by atoms with Crippen molar-refractivity contribution in [3.63, 3.8) is 0 Å². The first-order valence-corrected chi connectivity index (χ1v) is 7.99. The van der Waals surface area contributed by atoms with E-state index in [0.717, 1.165) is 19.6 Å². The summed E-state index contributed by atoms with van der Waals surface area (Å²) in [5.74, 6) is 1.86. The number of carbonyl (C=O) groups excluding carboxylic acids is 1. The highest BCUT2D eigenvalue weighted by atomic mass is 16.2. The van der Waals surface area contributed by atoms with Crippen molar-refractivity contribution < 1.29 is 4.79 Å². The van der Waals surface area contributed by atoms with Crippen LogP contribution in [0.15, 0.2) is 0 Å². The van der Waals surface area contributed by atoms with Gasteiger partial charge in [0, 0.05) is 31.6 Å². The molecule has 0 aromatic carbocycles. The summed E-state index contributed by atoms with van der Waals surface area (Å²) in [7, 11) is 2.19. The van der Waals surface area contributed by atoms with Crippen LogP contribution in [0.3, 0.4) is 0 Å². The Morgan fingerprint density at radius 2 is 1.89 bits per heavy atom. The van der Waals surface area contributed by atoms with Gasteiger partial charge in [-0.05, 0) is 58.4 Å². The van der Waals surface area contributed by atoms with Crippen molar-refractivity contribution in [1.29, 1.82) is 0 Å². The van der Waals surface area contributed by atoms with E-state index in [1.165, 1.54) is 25.7 Å². The molecule has 3 heteroatoms. The Kier molecular flexibility index (Phi) is 4.88. The van der Waals surface area contributed by atoms with Crippen LogP contribution in [0, 0.1) is 17.8 Å². The van der Waals surface area contributed by atoms with E-state index >= 15 is 0 Å². The SMILES string of the molecule is CC1CCC(CN(C)C(C)C)C1C(=O)N1CCCC1. The van der Waals surface area contributed by atoms with Crippen LogP contribution in [-0.4, -0.2) is 48.4 Å². The predicted octanol–water partition coefficient (Wildman–Crippen LogP) is 2.61. The lowest BCUT2D eigenvalue weighted by Crippen LogP contribution is -2.41. The fraction of sp³-hybridized carbons (Fsp3) is 0.938. The van der Waals surface area contributed by atoms with Crippen molar-refractivity contribution in [2.24, 2.45) is 17.8 Å². The highest BCUT2D eigenvalue weighted by molar-refractivity contribution is 5.80. The summed E-state index contributed by atoms with van der Waals surface area (Å²) in [6, 6.07) is 0.568. The predicted molar refractivity (Wildman–Crippen MR) is 79.0 cm³/mol. The van der Waals surface area contributed by atoms with Crippen LogP contribution in [0.25, 0.3) is 0 Å². The van der Waals surface area contributed by atoms with Crippen LogP contribution in [0.5, 0.6) is 0 Å². The fourth-order valence-corrected chi connectivity index (χ4v) is 3.68. The molecular formula is C16H30N2O. The normalized spacial score (nSPS) is 31.7. The smallest absolute Gasteiger partial charge is 0.226 e. The number of likely N-dealkylation sites (tertiary alicyclic amines) is 1. The number of hydrogen-bond acceptors (Lipinski definition) is 2. The molecule has 3 atom stereocenters. The van der Waals surface area contributed by atoms with Crippen molar-refractivity contribution in [2.45, 2.75) is 52.5 Å². The summed E-state index contributed by atoms with van der Waals surface area (Å²) in [6.07, 6.45) is 4.84. The van der Waals surface area contributed by atoms with E-state index in [1.807, 2.05) is 0 Å². The Bertz CT molecular complexity index is 310. The molecule has 1 aliphatic carbocycles. The van der Waals surface area contributed by atoms with E-state index in [2.05, 4.69) is 37.6 Å². The van der Waals surface area contributed by atoms with E-state index < -0.39 is 0 Å². The zero-order valence-corrected chi connectivity index (χ0v) is 13.1. The molecule has 3 nitrogen and oxygen atoms in total. The molecule has 110 valence electrons. The lowest BCUT2D eigenvalue weighted by atomic mass is 9.88. The van der Waals surface area contributed by atoms with Crippen LogP contribution in [-0.2, 0) is 4.79 Å². The average molecular weight is 266 g/mol. The van der Waals surface area contributed by atoms with E-state index in [-0.39, 0.29) is 5.92 Å². The molecule has 0 spiro atoms. The second-order valence-electron chi connectivity index (χ2n) is 6.91. The van der Waals surface area contributed by atoms with E-state index in [4.69, 9.17) is 0 Å². The Morgan fingerprint density at radius 1 is 1.26 bits per heavy atom. The van der Waals surface area contributed by atoms with Gasteiger partial charge in [-0.1, -0.05) is 6.92 Å². The molecule has 1 amide bonds. The van der Waals surface area contributed by atoms with E-state index in [9.17, 15) is 4.79 Å². The highest BCUT2D eigenvalue weighted by Crippen LogP contribution is 2.39. The van der Waals surface area contributed by atoms with E-state index in [1.54, 1.807) is 0 Å². The molecule has 0 aromatic rings. The maximum atomic E-state index is 12.7. The minimum Gasteiger partial charge on any atom is -0.342 e. The van der Waals surface area contributed by atoms with Crippen molar-refractivity contribution in [3.05, 3.63) is 0 Å². The minimum absolute atomic E-state index is 0.277. The van der Waals surface area contributed by atoms with Crippen LogP contribution < -0.4 is 0 Å². The third kappa shape index (κ3) is 3.31. The van der Waals surface area contributed by atoms with Gasteiger partial charge in [-0.3, -0.25) is 4.79 Å². The van der Waals surface area contributed by atoms with Gasteiger partial charge in [0.1, 0.15) is 0 Å². The van der Waals surface area contributed by atoms with Gasteiger partial charge in [-0.2, -0.15) is 0 Å². The maximum Gasteiger partial charge on any atom is 0.226 e. The zero-order chi connectivity index (χ0) is 14.0. The van der Waals surface area contributed by atoms with Crippen LogP contribution in [0.4, 0.5) is 0 Å². The van der Waals surface area contributed by atoms with Gasteiger partial charge < -0.3 is 9.80 Å². The molecule has 1 saturated carbocycles. The Hall–Kier alpha value is -0.570. The van der Waals surface area contributed by atoms with Crippen LogP contribution in [0.1, 0.15) is 46.5 Å². The summed E-state index contributed by atoms with van der Waals surface area (Å²) in [5.41, 5.74) is 0. The van der Waals surface area contributed by atoms with Gasteiger partial charge >= 0.3 is 0 Å².